The van der Waals surface area contributed by atoms with E-state index in [0.29, 0.717) is 28.9 Å². The van der Waals surface area contributed by atoms with Gasteiger partial charge in [0.1, 0.15) is 6.04 Å². The number of hydrogen-bond acceptors (Lipinski definition) is 6. The monoisotopic (exact) mass is 612 g/mol. The van der Waals surface area contributed by atoms with Gasteiger partial charge in [0.25, 0.3) is 11.8 Å². The van der Waals surface area contributed by atoms with E-state index in [9.17, 15) is 45.8 Å². The Hall–Kier alpha value is -4.47. The second-order valence-corrected chi connectivity index (χ2v) is 9.39. The Kier molecular flexibility index (Phi) is 10.5. The highest BCUT2D eigenvalue weighted by Crippen LogP contribution is 2.36. The number of alkyl halides is 6. The van der Waals surface area contributed by atoms with Crippen molar-refractivity contribution in [1.82, 2.24) is 16.1 Å². The topological polar surface area (TPSA) is 140 Å². The Balaban J connectivity index is 1.57. The van der Waals surface area contributed by atoms with E-state index in [4.69, 9.17) is 5.21 Å². The van der Waals surface area contributed by atoms with Crippen LogP contribution in [0.15, 0.2) is 66.7 Å². The Labute approximate surface area is 240 Å². The van der Waals surface area contributed by atoms with Gasteiger partial charge >= 0.3 is 12.4 Å². The Morgan fingerprint density at radius 1 is 0.814 bits per heavy atom. The molecule has 3 amide bonds. The van der Waals surface area contributed by atoms with Gasteiger partial charge in [-0.15, -0.1) is 0 Å². The fraction of sp³-hybridized carbons (Fsp3) is 0.250. The van der Waals surface area contributed by atoms with Crippen molar-refractivity contribution < 1.29 is 51.0 Å². The number of hydroxylamine groups is 1. The summed E-state index contributed by atoms with van der Waals surface area (Å²) >= 11 is 0. The van der Waals surface area contributed by atoms with Crippen LogP contribution >= 0.6 is 0 Å². The third-order valence-corrected chi connectivity index (χ3v) is 6.07. The summed E-state index contributed by atoms with van der Waals surface area (Å²) in [6.07, 6.45) is -11.2. The van der Waals surface area contributed by atoms with Crippen molar-refractivity contribution in [3.63, 3.8) is 0 Å². The van der Waals surface area contributed by atoms with Gasteiger partial charge < -0.3 is 21.1 Å². The molecule has 2 atom stereocenters. The normalized spacial score (nSPS) is 13.1. The number of amides is 3. The van der Waals surface area contributed by atoms with Crippen LogP contribution in [0.3, 0.4) is 0 Å². The first-order valence-corrected chi connectivity index (χ1v) is 12.5. The predicted octanol–water partition coefficient (Wildman–Crippen LogP) is 4.10. The molecule has 0 aromatic heterocycles. The van der Waals surface area contributed by atoms with Crippen LogP contribution in [0.2, 0.25) is 0 Å². The fourth-order valence-corrected chi connectivity index (χ4v) is 3.91. The molecule has 6 N–H and O–H groups in total. The molecule has 0 fully saturated rings. The van der Waals surface area contributed by atoms with Crippen LogP contribution in [-0.2, 0) is 28.5 Å². The van der Waals surface area contributed by atoms with Crippen LogP contribution in [0, 0.1) is 0 Å². The number of anilines is 1. The van der Waals surface area contributed by atoms with E-state index in [1.54, 1.807) is 36.4 Å². The minimum atomic E-state index is -4.97. The molecule has 0 radical (unpaired) electrons. The average molecular weight is 613 g/mol. The van der Waals surface area contributed by atoms with Crippen LogP contribution in [-0.4, -0.2) is 46.7 Å². The summed E-state index contributed by atoms with van der Waals surface area (Å²) in [6.45, 7) is 0.461. The molecule has 0 aliphatic rings. The molecule has 3 aromatic rings. The number of nitrogens with one attached hydrogen (secondary N) is 4. The molecule has 0 saturated carbocycles. The van der Waals surface area contributed by atoms with E-state index in [1.165, 1.54) is 24.5 Å². The summed E-state index contributed by atoms with van der Waals surface area (Å²) in [5, 5.41) is 25.8. The molecule has 0 aliphatic carbocycles. The maximum atomic E-state index is 13.0. The van der Waals surface area contributed by atoms with Gasteiger partial charge in [0.15, 0.2) is 0 Å². The number of aliphatic hydroxyl groups is 1. The van der Waals surface area contributed by atoms with Crippen molar-refractivity contribution >= 4 is 23.4 Å². The summed E-state index contributed by atoms with van der Waals surface area (Å²) in [7, 11) is 0. The average Bonchev–Trinajstić information content (AvgIpc) is 2.94. The molecule has 9 nitrogen and oxygen atoms in total. The highest BCUT2D eigenvalue weighted by atomic mass is 19.4. The van der Waals surface area contributed by atoms with Crippen LogP contribution in [0.4, 0.5) is 32.0 Å². The van der Waals surface area contributed by atoms with Crippen LogP contribution < -0.4 is 21.4 Å². The number of halogens is 6. The Morgan fingerprint density at radius 3 is 1.79 bits per heavy atom. The number of carbonyl (C=O) groups is 3. The van der Waals surface area contributed by atoms with Crippen molar-refractivity contribution in [3.05, 3.63) is 89.0 Å². The van der Waals surface area contributed by atoms with E-state index in [2.05, 4.69) is 16.0 Å². The van der Waals surface area contributed by atoms with Gasteiger partial charge in [-0.3, -0.25) is 19.6 Å². The molecule has 0 spiro atoms. The number of rotatable bonds is 10. The first-order chi connectivity index (χ1) is 20.1. The fourth-order valence-electron chi connectivity index (χ4n) is 3.91. The zero-order valence-electron chi connectivity index (χ0n) is 22.3. The maximum absolute atomic E-state index is 13.0. The molecule has 230 valence electrons. The van der Waals surface area contributed by atoms with Crippen LogP contribution in [0.5, 0.6) is 0 Å². The van der Waals surface area contributed by atoms with Gasteiger partial charge in [0, 0.05) is 17.8 Å². The lowest BCUT2D eigenvalue weighted by atomic mass is 10.0. The maximum Gasteiger partial charge on any atom is 0.416 e. The summed E-state index contributed by atoms with van der Waals surface area (Å²) in [5.74, 6) is -2.24. The van der Waals surface area contributed by atoms with E-state index < -0.39 is 66.4 Å². The summed E-state index contributed by atoms with van der Waals surface area (Å²) in [5.41, 5.74) is 0.128. The first-order valence-electron chi connectivity index (χ1n) is 12.5. The predicted molar refractivity (Wildman–Crippen MR) is 142 cm³/mol. The van der Waals surface area contributed by atoms with E-state index in [1.807, 2.05) is 0 Å². The van der Waals surface area contributed by atoms with Crippen molar-refractivity contribution in [2.75, 3.05) is 11.9 Å². The second-order valence-electron chi connectivity index (χ2n) is 9.39. The zero-order chi connectivity index (χ0) is 31.9. The molecule has 3 aromatic carbocycles. The molecule has 0 bridgehead atoms. The molecule has 43 heavy (non-hydrogen) atoms. The van der Waals surface area contributed by atoms with E-state index >= 15 is 0 Å². The molecular formula is C28H26F6N4O5. The minimum Gasteiger partial charge on any atom is -0.391 e. The lowest BCUT2D eigenvalue weighted by Crippen LogP contribution is -2.51. The van der Waals surface area contributed by atoms with Gasteiger partial charge in [-0.05, 0) is 66.1 Å². The van der Waals surface area contributed by atoms with Crippen molar-refractivity contribution in [2.24, 2.45) is 0 Å². The number of aliphatic hydroxyl groups excluding tert-OH is 1. The van der Waals surface area contributed by atoms with Gasteiger partial charge in [-0.2, -0.15) is 26.3 Å². The third kappa shape index (κ3) is 9.26. The molecule has 0 unspecified atom stereocenters. The van der Waals surface area contributed by atoms with Gasteiger partial charge in [-0.1, -0.05) is 24.3 Å². The minimum absolute atomic E-state index is 0.0285. The zero-order valence-corrected chi connectivity index (χ0v) is 22.3. The van der Waals surface area contributed by atoms with Crippen LogP contribution in [0.1, 0.15) is 34.0 Å². The van der Waals surface area contributed by atoms with Gasteiger partial charge in [0.05, 0.1) is 23.8 Å². The van der Waals surface area contributed by atoms with Crippen molar-refractivity contribution in [2.45, 2.75) is 38.0 Å². The Morgan fingerprint density at radius 2 is 1.33 bits per heavy atom. The molecule has 0 heterocycles. The molecule has 0 aliphatic heterocycles. The SMILES string of the molecule is C[C@@H](O)[C@H](NC(=O)c1ccc(-c2ccc(NC(=O)CNCc3cc(C(F)(F)F)cc(C(F)(F)F)c3)cc2)cc1)C(=O)NO. The number of benzene rings is 3. The standard InChI is InChI=1S/C28H26F6N4O5/c1-15(39)24(26(42)38-43)37-25(41)19-4-2-17(3-5-19)18-6-8-22(9-7-18)36-23(40)14-35-13-16-10-20(27(29,30)31)12-21(11-16)28(32,33)34/h2-12,15,24,35,39,43H,13-14H2,1H3,(H,36,40)(H,37,41)(H,38,42)/t15-,24+/m1/s1. The molecule has 15 heteroatoms. The van der Waals surface area contributed by atoms with Gasteiger partial charge in [0.2, 0.25) is 5.91 Å². The third-order valence-electron chi connectivity index (χ3n) is 6.07. The quantitative estimate of drug-likeness (QED) is 0.116. The van der Waals surface area contributed by atoms with Crippen molar-refractivity contribution in [3.8, 4) is 11.1 Å². The highest BCUT2D eigenvalue weighted by Gasteiger charge is 2.36. The van der Waals surface area contributed by atoms with E-state index in [-0.39, 0.29) is 17.2 Å². The first kappa shape index (κ1) is 33.0. The summed E-state index contributed by atoms with van der Waals surface area (Å²) in [6, 6.07) is 12.5. The lowest BCUT2D eigenvalue weighted by molar-refractivity contribution is -0.143. The van der Waals surface area contributed by atoms with E-state index in [0.717, 1.165) is 0 Å². The Bertz CT molecular complexity index is 1410. The van der Waals surface area contributed by atoms with Crippen molar-refractivity contribution in [1.29, 1.82) is 0 Å². The number of hydrogen-bond donors (Lipinski definition) is 6. The molecular weight excluding hydrogens is 586 g/mol. The van der Waals surface area contributed by atoms with Gasteiger partial charge in [-0.25, -0.2) is 5.48 Å². The highest BCUT2D eigenvalue weighted by molar-refractivity contribution is 5.98. The smallest absolute Gasteiger partial charge is 0.391 e. The molecule has 0 saturated heterocycles. The summed E-state index contributed by atoms with van der Waals surface area (Å²) < 4.78 is 78.1. The summed E-state index contributed by atoms with van der Waals surface area (Å²) in [4.78, 5) is 36.3. The number of carbonyl (C=O) groups excluding carboxylic acids is 3. The molecule has 3 rings (SSSR count). The lowest BCUT2D eigenvalue weighted by Gasteiger charge is -2.19. The largest absolute Gasteiger partial charge is 0.416 e. The second kappa shape index (κ2) is 13.7. The van der Waals surface area contributed by atoms with Crippen LogP contribution in [0.25, 0.3) is 11.1 Å².